The fourth-order valence-electron chi connectivity index (χ4n) is 2.95. The molecule has 1 aliphatic heterocycles. The highest BCUT2D eigenvalue weighted by molar-refractivity contribution is 5.61. The lowest BCUT2D eigenvalue weighted by molar-refractivity contribution is 0.134. The van der Waals surface area contributed by atoms with Crippen LogP contribution in [0.15, 0.2) is 18.2 Å². The van der Waals surface area contributed by atoms with Gasteiger partial charge in [0.05, 0.1) is 6.10 Å². The molecule has 2 heteroatoms. The molecule has 2 nitrogen and oxygen atoms in total. The van der Waals surface area contributed by atoms with Crippen molar-refractivity contribution in [3.63, 3.8) is 0 Å². The number of rotatable bonds is 2. The predicted molar refractivity (Wildman–Crippen MR) is 70.7 cm³/mol. The summed E-state index contributed by atoms with van der Waals surface area (Å²) in [7, 11) is 0. The Morgan fingerprint density at radius 3 is 2.82 bits per heavy atom. The van der Waals surface area contributed by atoms with Crippen molar-refractivity contribution < 1.29 is 4.74 Å². The fraction of sp³-hybridized carbons (Fsp3) is 0.600. The van der Waals surface area contributed by atoms with Crippen LogP contribution in [0.2, 0.25) is 0 Å². The third-order valence-corrected chi connectivity index (χ3v) is 4.08. The maximum Gasteiger partial charge on any atom is 0.125 e. The van der Waals surface area contributed by atoms with Gasteiger partial charge in [-0.3, -0.25) is 0 Å². The van der Waals surface area contributed by atoms with Crippen molar-refractivity contribution in [2.75, 3.05) is 11.9 Å². The average molecular weight is 231 g/mol. The molecular weight excluding hydrogens is 210 g/mol. The Morgan fingerprint density at radius 1 is 1.18 bits per heavy atom. The molecule has 0 radical (unpaired) electrons. The maximum absolute atomic E-state index is 6.21. The van der Waals surface area contributed by atoms with E-state index in [9.17, 15) is 0 Å². The van der Waals surface area contributed by atoms with Crippen LogP contribution in [0.3, 0.4) is 0 Å². The molecule has 0 aromatic heterocycles. The van der Waals surface area contributed by atoms with Gasteiger partial charge in [-0.2, -0.15) is 0 Å². The van der Waals surface area contributed by atoms with Crippen LogP contribution in [0.5, 0.6) is 5.75 Å². The molecule has 1 saturated carbocycles. The first-order chi connectivity index (χ1) is 8.33. The van der Waals surface area contributed by atoms with Gasteiger partial charge in [0.2, 0.25) is 0 Å². The molecule has 3 rings (SSSR count). The lowest BCUT2D eigenvalue weighted by atomic mass is 9.89. The summed E-state index contributed by atoms with van der Waals surface area (Å²) in [5, 5.41) is 3.40. The number of benzene rings is 1. The molecule has 0 unspecified atom stereocenters. The van der Waals surface area contributed by atoms with Gasteiger partial charge in [0, 0.05) is 17.8 Å². The smallest absolute Gasteiger partial charge is 0.125 e. The summed E-state index contributed by atoms with van der Waals surface area (Å²) < 4.78 is 6.21. The molecule has 0 spiro atoms. The number of anilines is 1. The lowest BCUT2D eigenvalue weighted by Crippen LogP contribution is -2.23. The standard InChI is InChI=1S/C15H21NO/c1-11-5-7-12(8-6-11)17-15-4-2-3-14-13(15)9-10-16-14/h2-4,11-12,16H,5-10H2,1H3. The van der Waals surface area contributed by atoms with E-state index in [-0.39, 0.29) is 0 Å². The van der Waals surface area contributed by atoms with Gasteiger partial charge in [0.15, 0.2) is 0 Å². The molecule has 0 saturated heterocycles. The van der Waals surface area contributed by atoms with Gasteiger partial charge in [0.25, 0.3) is 0 Å². The third-order valence-electron chi connectivity index (χ3n) is 4.08. The van der Waals surface area contributed by atoms with Crippen molar-refractivity contribution in [1.29, 1.82) is 0 Å². The maximum atomic E-state index is 6.21. The highest BCUT2D eigenvalue weighted by Crippen LogP contribution is 2.34. The monoisotopic (exact) mass is 231 g/mol. The highest BCUT2D eigenvalue weighted by atomic mass is 16.5. The lowest BCUT2D eigenvalue weighted by Gasteiger charge is -2.27. The normalized spacial score (nSPS) is 27.4. The Hall–Kier alpha value is -1.18. The van der Waals surface area contributed by atoms with Crippen LogP contribution in [-0.2, 0) is 6.42 Å². The summed E-state index contributed by atoms with van der Waals surface area (Å²) in [6.07, 6.45) is 6.62. The van der Waals surface area contributed by atoms with Gasteiger partial charge < -0.3 is 10.1 Å². The number of nitrogens with one attached hydrogen (secondary N) is 1. The minimum atomic E-state index is 0.443. The minimum Gasteiger partial charge on any atom is -0.490 e. The zero-order valence-corrected chi connectivity index (χ0v) is 10.5. The van der Waals surface area contributed by atoms with Crippen molar-refractivity contribution in [2.45, 2.75) is 45.1 Å². The molecule has 1 N–H and O–H groups in total. The number of fused-ring (bicyclic) bond motifs is 1. The first kappa shape index (κ1) is 10.9. The van der Waals surface area contributed by atoms with Gasteiger partial charge in [0.1, 0.15) is 5.75 Å². The van der Waals surface area contributed by atoms with Crippen molar-refractivity contribution in [3.05, 3.63) is 23.8 Å². The zero-order chi connectivity index (χ0) is 11.7. The van der Waals surface area contributed by atoms with Crippen LogP contribution in [0, 0.1) is 5.92 Å². The predicted octanol–water partition coefficient (Wildman–Crippen LogP) is 3.61. The second-order valence-corrected chi connectivity index (χ2v) is 5.46. The molecule has 92 valence electrons. The molecule has 2 aliphatic rings. The van der Waals surface area contributed by atoms with Crippen LogP contribution < -0.4 is 10.1 Å². The summed E-state index contributed by atoms with van der Waals surface area (Å²) in [4.78, 5) is 0. The third kappa shape index (κ3) is 2.26. The molecule has 1 aliphatic carbocycles. The van der Waals surface area contributed by atoms with Crippen LogP contribution >= 0.6 is 0 Å². The van der Waals surface area contributed by atoms with Crippen molar-refractivity contribution in [2.24, 2.45) is 5.92 Å². The Bertz CT molecular complexity index is 394. The summed E-state index contributed by atoms with van der Waals surface area (Å²) in [5.41, 5.74) is 2.65. The zero-order valence-electron chi connectivity index (χ0n) is 10.5. The quantitative estimate of drug-likeness (QED) is 0.839. The van der Waals surface area contributed by atoms with Gasteiger partial charge in [-0.25, -0.2) is 0 Å². The average Bonchev–Trinajstić information content (AvgIpc) is 2.81. The van der Waals surface area contributed by atoms with E-state index in [1.54, 1.807) is 0 Å². The van der Waals surface area contributed by atoms with Crippen molar-refractivity contribution in [1.82, 2.24) is 0 Å². The van der Waals surface area contributed by atoms with E-state index in [1.807, 2.05) is 0 Å². The summed E-state index contributed by atoms with van der Waals surface area (Å²) in [6.45, 7) is 3.40. The van der Waals surface area contributed by atoms with Crippen LogP contribution in [0.25, 0.3) is 0 Å². The molecule has 1 aromatic carbocycles. The Morgan fingerprint density at radius 2 is 2.00 bits per heavy atom. The van der Waals surface area contributed by atoms with Crippen molar-refractivity contribution >= 4 is 5.69 Å². The molecular formula is C15H21NO. The van der Waals surface area contributed by atoms with Gasteiger partial charge in [-0.15, -0.1) is 0 Å². The van der Waals surface area contributed by atoms with E-state index >= 15 is 0 Å². The second-order valence-electron chi connectivity index (χ2n) is 5.46. The number of hydrogen-bond acceptors (Lipinski definition) is 2. The summed E-state index contributed by atoms with van der Waals surface area (Å²) in [5.74, 6) is 2.00. The van der Waals surface area contributed by atoms with Gasteiger partial charge in [-0.05, 0) is 50.2 Å². The minimum absolute atomic E-state index is 0.443. The Labute approximate surface area is 103 Å². The van der Waals surface area contributed by atoms with E-state index in [0.717, 1.165) is 24.6 Å². The van der Waals surface area contributed by atoms with Crippen LogP contribution in [-0.4, -0.2) is 12.6 Å². The molecule has 0 bridgehead atoms. The highest BCUT2D eigenvalue weighted by Gasteiger charge is 2.22. The molecule has 1 heterocycles. The van der Waals surface area contributed by atoms with E-state index in [0.29, 0.717) is 6.10 Å². The molecule has 0 atom stereocenters. The van der Waals surface area contributed by atoms with E-state index < -0.39 is 0 Å². The number of hydrogen-bond donors (Lipinski definition) is 1. The first-order valence-electron chi connectivity index (χ1n) is 6.85. The topological polar surface area (TPSA) is 21.3 Å². The Balaban J connectivity index is 1.71. The summed E-state index contributed by atoms with van der Waals surface area (Å²) >= 11 is 0. The van der Waals surface area contributed by atoms with E-state index in [4.69, 9.17) is 4.74 Å². The largest absolute Gasteiger partial charge is 0.490 e. The molecule has 17 heavy (non-hydrogen) atoms. The van der Waals surface area contributed by atoms with E-state index in [2.05, 4.69) is 30.4 Å². The fourth-order valence-corrected chi connectivity index (χ4v) is 2.95. The van der Waals surface area contributed by atoms with Gasteiger partial charge >= 0.3 is 0 Å². The molecule has 0 amide bonds. The number of ether oxygens (including phenoxy) is 1. The van der Waals surface area contributed by atoms with Crippen LogP contribution in [0.1, 0.15) is 38.2 Å². The summed E-state index contributed by atoms with van der Waals surface area (Å²) in [6, 6.07) is 6.37. The molecule has 1 fully saturated rings. The van der Waals surface area contributed by atoms with Crippen LogP contribution in [0.4, 0.5) is 5.69 Å². The van der Waals surface area contributed by atoms with E-state index in [1.165, 1.54) is 36.9 Å². The second kappa shape index (κ2) is 4.59. The Kier molecular flexibility index (Phi) is 2.96. The van der Waals surface area contributed by atoms with Crippen molar-refractivity contribution in [3.8, 4) is 5.75 Å². The van der Waals surface area contributed by atoms with Gasteiger partial charge in [-0.1, -0.05) is 13.0 Å². The molecule has 1 aromatic rings. The SMILES string of the molecule is CC1CCC(Oc2cccc3c2CCN3)CC1. The first-order valence-corrected chi connectivity index (χ1v) is 6.85.